The summed E-state index contributed by atoms with van der Waals surface area (Å²) in [7, 11) is -3.12. The number of pyridine rings is 1. The SMILES string of the molecule is CCNc1cc(C(=O)NC(C)CS(C)(=O)=O)cc(CC)n1. The maximum Gasteiger partial charge on any atom is 0.251 e. The third-order valence-corrected chi connectivity index (χ3v) is 3.90. The molecule has 6 nitrogen and oxygen atoms in total. The van der Waals surface area contributed by atoms with Gasteiger partial charge in [-0.25, -0.2) is 13.4 Å². The van der Waals surface area contributed by atoms with Crippen LogP contribution in [-0.2, 0) is 16.3 Å². The first-order chi connectivity index (χ1) is 9.75. The van der Waals surface area contributed by atoms with E-state index in [1.54, 1.807) is 19.1 Å². The van der Waals surface area contributed by atoms with Crippen LogP contribution < -0.4 is 10.6 Å². The van der Waals surface area contributed by atoms with E-state index in [9.17, 15) is 13.2 Å². The molecule has 1 rings (SSSR count). The van der Waals surface area contributed by atoms with E-state index in [1.165, 1.54) is 0 Å². The molecule has 7 heteroatoms. The van der Waals surface area contributed by atoms with Crippen LogP contribution in [0, 0.1) is 0 Å². The summed E-state index contributed by atoms with van der Waals surface area (Å²) in [5.74, 6) is 0.282. The number of carbonyl (C=O) groups excluding carboxylic acids is 1. The average Bonchev–Trinajstić information content (AvgIpc) is 2.36. The highest BCUT2D eigenvalue weighted by molar-refractivity contribution is 7.90. The van der Waals surface area contributed by atoms with Crippen LogP contribution in [0.4, 0.5) is 5.82 Å². The highest BCUT2D eigenvalue weighted by atomic mass is 32.2. The number of carbonyl (C=O) groups is 1. The van der Waals surface area contributed by atoms with Crippen LogP contribution in [0.15, 0.2) is 12.1 Å². The molecule has 0 fully saturated rings. The van der Waals surface area contributed by atoms with Crippen LogP contribution in [0.25, 0.3) is 0 Å². The molecule has 1 amide bonds. The Bertz CT molecular complexity index is 599. The molecule has 118 valence electrons. The van der Waals surface area contributed by atoms with Crippen molar-refractivity contribution < 1.29 is 13.2 Å². The lowest BCUT2D eigenvalue weighted by Gasteiger charge is -2.14. The smallest absolute Gasteiger partial charge is 0.251 e. The second kappa shape index (κ2) is 7.40. The summed E-state index contributed by atoms with van der Waals surface area (Å²) in [4.78, 5) is 16.6. The van der Waals surface area contributed by atoms with Gasteiger partial charge in [-0.3, -0.25) is 4.79 Å². The Hall–Kier alpha value is -1.63. The summed E-state index contributed by atoms with van der Waals surface area (Å²) in [5, 5.41) is 5.78. The predicted molar refractivity (Wildman–Crippen MR) is 84.4 cm³/mol. The zero-order valence-electron chi connectivity index (χ0n) is 12.9. The van der Waals surface area contributed by atoms with Gasteiger partial charge >= 0.3 is 0 Å². The van der Waals surface area contributed by atoms with Crippen molar-refractivity contribution in [3.05, 3.63) is 23.4 Å². The molecule has 0 aliphatic rings. The van der Waals surface area contributed by atoms with Gasteiger partial charge in [-0.1, -0.05) is 6.92 Å². The van der Waals surface area contributed by atoms with Gasteiger partial charge in [0.1, 0.15) is 15.7 Å². The highest BCUT2D eigenvalue weighted by Crippen LogP contribution is 2.11. The van der Waals surface area contributed by atoms with Crippen molar-refractivity contribution in [2.45, 2.75) is 33.2 Å². The summed E-state index contributed by atoms with van der Waals surface area (Å²) in [6, 6.07) is 2.96. The van der Waals surface area contributed by atoms with E-state index in [4.69, 9.17) is 0 Å². The third-order valence-electron chi connectivity index (χ3n) is 2.79. The number of hydrogen-bond acceptors (Lipinski definition) is 5. The zero-order chi connectivity index (χ0) is 16.0. The van der Waals surface area contributed by atoms with Crippen LogP contribution in [0.2, 0.25) is 0 Å². The van der Waals surface area contributed by atoms with Gasteiger partial charge in [-0.15, -0.1) is 0 Å². The minimum absolute atomic E-state index is 0.0788. The summed E-state index contributed by atoms with van der Waals surface area (Å²) < 4.78 is 22.5. The molecule has 1 aromatic rings. The largest absolute Gasteiger partial charge is 0.370 e. The van der Waals surface area contributed by atoms with E-state index in [2.05, 4.69) is 15.6 Å². The zero-order valence-corrected chi connectivity index (χ0v) is 13.8. The topological polar surface area (TPSA) is 88.2 Å². The van der Waals surface area contributed by atoms with Crippen molar-refractivity contribution in [2.24, 2.45) is 0 Å². The number of aromatic nitrogens is 1. The second-order valence-electron chi connectivity index (χ2n) is 5.08. The molecule has 0 spiro atoms. The number of amides is 1. The molecule has 0 aliphatic heterocycles. The lowest BCUT2D eigenvalue weighted by molar-refractivity contribution is 0.0943. The molecule has 21 heavy (non-hydrogen) atoms. The standard InChI is InChI=1S/C14H23N3O3S/c1-5-12-7-11(8-13(17-12)15-6-2)14(18)16-10(3)9-21(4,19)20/h7-8,10H,5-6,9H2,1-4H3,(H,15,17)(H,16,18). The summed E-state index contributed by atoms with van der Waals surface area (Å²) in [6.07, 6.45) is 1.87. The van der Waals surface area contributed by atoms with E-state index in [0.717, 1.165) is 18.4 Å². The van der Waals surface area contributed by atoms with Gasteiger partial charge in [0.2, 0.25) is 0 Å². The number of rotatable bonds is 7. The Balaban J connectivity index is 2.88. The van der Waals surface area contributed by atoms with E-state index >= 15 is 0 Å². The molecule has 0 bridgehead atoms. The number of hydrogen-bond donors (Lipinski definition) is 2. The van der Waals surface area contributed by atoms with E-state index < -0.39 is 15.9 Å². The molecule has 0 radical (unpaired) electrons. The predicted octanol–water partition coefficient (Wildman–Crippen LogP) is 1.24. The first kappa shape index (κ1) is 17.4. The van der Waals surface area contributed by atoms with Gasteiger partial charge < -0.3 is 10.6 Å². The van der Waals surface area contributed by atoms with Gasteiger partial charge in [-0.2, -0.15) is 0 Å². The molecular weight excluding hydrogens is 290 g/mol. The second-order valence-corrected chi connectivity index (χ2v) is 7.27. The third kappa shape index (κ3) is 6.12. The maximum atomic E-state index is 12.2. The minimum atomic E-state index is -3.12. The van der Waals surface area contributed by atoms with Crippen molar-refractivity contribution >= 4 is 21.6 Å². The Morgan fingerprint density at radius 1 is 1.33 bits per heavy atom. The molecule has 0 aliphatic carbocycles. The number of sulfone groups is 1. The Morgan fingerprint density at radius 3 is 2.52 bits per heavy atom. The number of aryl methyl sites for hydroxylation is 1. The van der Waals surface area contributed by atoms with Crippen LogP contribution in [0.3, 0.4) is 0 Å². The van der Waals surface area contributed by atoms with Gasteiger partial charge in [0, 0.05) is 30.1 Å². The first-order valence-electron chi connectivity index (χ1n) is 6.98. The van der Waals surface area contributed by atoms with Crippen molar-refractivity contribution in [1.29, 1.82) is 0 Å². The molecule has 0 saturated carbocycles. The fourth-order valence-corrected chi connectivity index (χ4v) is 2.97. The lowest BCUT2D eigenvalue weighted by atomic mass is 10.1. The summed E-state index contributed by atoms with van der Waals surface area (Å²) in [6.45, 7) is 6.30. The first-order valence-corrected chi connectivity index (χ1v) is 9.04. The maximum absolute atomic E-state index is 12.2. The quantitative estimate of drug-likeness (QED) is 0.790. The normalized spacial score (nSPS) is 12.8. The van der Waals surface area contributed by atoms with Crippen molar-refractivity contribution in [3.63, 3.8) is 0 Å². The van der Waals surface area contributed by atoms with Crippen molar-refractivity contribution in [1.82, 2.24) is 10.3 Å². The summed E-state index contributed by atoms with van der Waals surface area (Å²) >= 11 is 0. The highest BCUT2D eigenvalue weighted by Gasteiger charge is 2.15. The molecule has 2 N–H and O–H groups in total. The van der Waals surface area contributed by atoms with Gasteiger partial charge in [0.25, 0.3) is 5.91 Å². The molecule has 1 heterocycles. The van der Waals surface area contributed by atoms with Crippen LogP contribution in [0.1, 0.15) is 36.8 Å². The number of nitrogens with one attached hydrogen (secondary N) is 2. The molecule has 1 aromatic heterocycles. The molecule has 0 saturated heterocycles. The van der Waals surface area contributed by atoms with E-state index in [1.807, 2.05) is 13.8 Å². The van der Waals surface area contributed by atoms with Gasteiger partial charge in [0.15, 0.2) is 0 Å². The van der Waals surface area contributed by atoms with Crippen LogP contribution in [-0.4, -0.2) is 43.9 Å². The van der Waals surface area contributed by atoms with Gasteiger partial charge in [-0.05, 0) is 32.4 Å². The molecule has 0 aromatic carbocycles. The van der Waals surface area contributed by atoms with Crippen LogP contribution >= 0.6 is 0 Å². The van der Waals surface area contributed by atoms with Gasteiger partial charge in [0.05, 0.1) is 5.75 Å². The Kier molecular flexibility index (Phi) is 6.14. The summed E-state index contributed by atoms with van der Waals surface area (Å²) in [5.41, 5.74) is 1.30. The lowest BCUT2D eigenvalue weighted by Crippen LogP contribution is -2.37. The number of nitrogens with zero attached hydrogens (tertiary/aromatic N) is 1. The fourth-order valence-electron chi connectivity index (χ4n) is 1.97. The molecular formula is C14H23N3O3S. The van der Waals surface area contributed by atoms with Crippen molar-refractivity contribution in [3.8, 4) is 0 Å². The average molecular weight is 313 g/mol. The Morgan fingerprint density at radius 2 is 2.00 bits per heavy atom. The fraction of sp³-hybridized carbons (Fsp3) is 0.571. The van der Waals surface area contributed by atoms with Crippen molar-refractivity contribution in [2.75, 3.05) is 23.9 Å². The van der Waals surface area contributed by atoms with E-state index in [0.29, 0.717) is 17.9 Å². The minimum Gasteiger partial charge on any atom is -0.370 e. The molecule has 1 atom stereocenters. The number of anilines is 1. The molecule has 1 unspecified atom stereocenters. The Labute approximate surface area is 126 Å². The van der Waals surface area contributed by atoms with Crippen LogP contribution in [0.5, 0.6) is 0 Å². The monoisotopic (exact) mass is 313 g/mol. The van der Waals surface area contributed by atoms with E-state index in [-0.39, 0.29) is 11.7 Å².